The Morgan fingerprint density at radius 3 is 2.85 bits per heavy atom. The van der Waals surface area contributed by atoms with E-state index in [0.717, 1.165) is 24.8 Å². The van der Waals surface area contributed by atoms with Crippen LogP contribution in [-0.4, -0.2) is 11.0 Å². The van der Waals surface area contributed by atoms with Crippen LogP contribution in [0.3, 0.4) is 0 Å². The van der Waals surface area contributed by atoms with Crippen molar-refractivity contribution in [3.05, 3.63) is 40.2 Å². The van der Waals surface area contributed by atoms with E-state index < -0.39 is 5.91 Å². The average molecular weight is 388 g/mol. The molecule has 1 amide bonds. The predicted octanol–water partition coefficient (Wildman–Crippen LogP) is 4.49. The van der Waals surface area contributed by atoms with Gasteiger partial charge in [0.2, 0.25) is 0 Å². The predicted molar refractivity (Wildman–Crippen MR) is 106 cm³/mol. The Bertz CT molecular complexity index is 870. The highest BCUT2D eigenvalue weighted by Crippen LogP contribution is 2.43. The van der Waals surface area contributed by atoms with Crippen molar-refractivity contribution in [3.63, 3.8) is 0 Å². The Morgan fingerprint density at radius 1 is 1.46 bits per heavy atom. The molecule has 2 N–H and O–H groups in total. The first-order chi connectivity index (χ1) is 12.3. The summed E-state index contributed by atoms with van der Waals surface area (Å²) in [7, 11) is 0. The number of nitrogens with zero attached hydrogens (tertiary/aromatic N) is 1. The van der Waals surface area contributed by atoms with Crippen LogP contribution < -0.4 is 10.6 Å². The number of amides is 1. The average Bonchev–Trinajstić information content (AvgIpc) is 3.20. The van der Waals surface area contributed by atoms with E-state index in [1.807, 2.05) is 0 Å². The lowest BCUT2D eigenvalue weighted by molar-refractivity contribution is 0.0950. The van der Waals surface area contributed by atoms with E-state index >= 15 is 0 Å². The minimum atomic E-state index is -0.417. The molecule has 5 nitrogen and oxygen atoms in total. The maximum absolute atomic E-state index is 12.0. The molecule has 0 fully saturated rings. The third-order valence-corrected chi connectivity index (χ3v) is 6.17. The van der Waals surface area contributed by atoms with Gasteiger partial charge in [-0.2, -0.15) is 5.26 Å². The Kier molecular flexibility index (Phi) is 5.17. The zero-order valence-corrected chi connectivity index (χ0v) is 16.6. The summed E-state index contributed by atoms with van der Waals surface area (Å²) in [6, 6.07) is 5.50. The molecule has 0 saturated carbocycles. The summed E-state index contributed by atoms with van der Waals surface area (Å²) in [6.45, 7) is 6.79. The van der Waals surface area contributed by atoms with Crippen LogP contribution in [0.25, 0.3) is 0 Å². The monoisotopic (exact) mass is 387 g/mol. The van der Waals surface area contributed by atoms with E-state index in [1.54, 1.807) is 23.5 Å². The molecule has 1 unspecified atom stereocenters. The fourth-order valence-electron chi connectivity index (χ4n) is 3.24. The van der Waals surface area contributed by atoms with Gasteiger partial charge in [0, 0.05) is 4.88 Å². The first kappa shape index (κ1) is 18.6. The maximum Gasteiger partial charge on any atom is 0.293 e. The van der Waals surface area contributed by atoms with Gasteiger partial charge in [0.15, 0.2) is 10.9 Å². The van der Waals surface area contributed by atoms with Crippen LogP contribution in [0.15, 0.2) is 22.8 Å². The molecule has 7 heteroatoms. The highest BCUT2D eigenvalue weighted by molar-refractivity contribution is 7.80. The van der Waals surface area contributed by atoms with Crippen LogP contribution in [-0.2, 0) is 12.8 Å². The summed E-state index contributed by atoms with van der Waals surface area (Å²) in [5, 5.41) is 16.1. The summed E-state index contributed by atoms with van der Waals surface area (Å²) in [5.41, 5.74) is 2.02. The van der Waals surface area contributed by atoms with Crippen molar-refractivity contribution < 1.29 is 9.21 Å². The second-order valence-corrected chi connectivity index (χ2v) is 9.02. The number of carbonyl (C=O) groups is 1. The van der Waals surface area contributed by atoms with Gasteiger partial charge >= 0.3 is 0 Å². The second kappa shape index (κ2) is 7.22. The van der Waals surface area contributed by atoms with Gasteiger partial charge in [0.25, 0.3) is 5.91 Å². The molecule has 0 spiro atoms. The molecular formula is C19H21N3O2S2. The molecule has 0 aromatic carbocycles. The molecule has 2 aromatic heterocycles. The van der Waals surface area contributed by atoms with Crippen molar-refractivity contribution in [1.29, 1.82) is 5.26 Å². The van der Waals surface area contributed by atoms with Gasteiger partial charge in [-0.3, -0.25) is 10.1 Å². The fourth-order valence-corrected chi connectivity index (χ4v) is 4.78. The number of fused-ring (bicyclic) bond motifs is 1. The van der Waals surface area contributed by atoms with Gasteiger partial charge in [0.05, 0.1) is 11.8 Å². The minimum Gasteiger partial charge on any atom is -0.459 e. The smallest absolute Gasteiger partial charge is 0.293 e. The molecular weight excluding hydrogens is 366 g/mol. The molecule has 1 aliphatic carbocycles. The number of carbonyl (C=O) groups excluding carboxylic acids is 1. The molecule has 2 aromatic rings. The van der Waals surface area contributed by atoms with Gasteiger partial charge < -0.3 is 9.73 Å². The quantitative estimate of drug-likeness (QED) is 0.742. The van der Waals surface area contributed by atoms with Gasteiger partial charge in [-0.05, 0) is 60.5 Å². The zero-order chi connectivity index (χ0) is 18.9. The maximum atomic E-state index is 12.0. The number of hydrogen-bond acceptors (Lipinski definition) is 5. The number of nitrogens with one attached hydrogen (secondary N) is 2. The van der Waals surface area contributed by atoms with Crippen molar-refractivity contribution in [2.45, 2.75) is 40.0 Å². The lowest BCUT2D eigenvalue weighted by Gasteiger charge is -2.33. The fraction of sp³-hybridized carbons (Fsp3) is 0.421. The SMILES string of the molecule is CC(C)(C)C1CCc2c(sc(NC(=S)NC(=O)c3ccco3)c2C#N)C1. The topological polar surface area (TPSA) is 78.1 Å². The summed E-state index contributed by atoms with van der Waals surface area (Å²) in [6.07, 6.45) is 4.40. The molecule has 1 atom stereocenters. The lowest BCUT2D eigenvalue weighted by atomic mass is 9.72. The molecule has 0 bridgehead atoms. The van der Waals surface area contributed by atoms with E-state index in [2.05, 4.69) is 37.5 Å². The second-order valence-electron chi connectivity index (χ2n) is 7.51. The van der Waals surface area contributed by atoms with Crippen molar-refractivity contribution in [2.75, 3.05) is 5.32 Å². The molecule has 26 heavy (non-hydrogen) atoms. The van der Waals surface area contributed by atoms with Crippen molar-refractivity contribution in [1.82, 2.24) is 5.32 Å². The summed E-state index contributed by atoms with van der Waals surface area (Å²) in [5.74, 6) is 0.368. The highest BCUT2D eigenvalue weighted by atomic mass is 32.1. The number of nitriles is 1. The third-order valence-electron chi connectivity index (χ3n) is 4.80. The van der Waals surface area contributed by atoms with Crippen LogP contribution in [0.1, 0.15) is 53.8 Å². The molecule has 2 heterocycles. The molecule has 3 rings (SSSR count). The number of anilines is 1. The van der Waals surface area contributed by atoms with E-state index in [9.17, 15) is 10.1 Å². The molecule has 0 aliphatic heterocycles. The molecule has 0 radical (unpaired) electrons. The van der Waals surface area contributed by atoms with E-state index in [1.165, 1.54) is 11.1 Å². The van der Waals surface area contributed by atoms with Crippen molar-refractivity contribution in [2.24, 2.45) is 11.3 Å². The Hall–Kier alpha value is -2.17. The number of furan rings is 1. The van der Waals surface area contributed by atoms with E-state index in [0.29, 0.717) is 16.5 Å². The molecule has 1 aliphatic rings. The number of thiophene rings is 1. The van der Waals surface area contributed by atoms with Crippen LogP contribution in [0.4, 0.5) is 5.00 Å². The van der Waals surface area contributed by atoms with Crippen LogP contribution in [0.5, 0.6) is 0 Å². The number of thiocarbonyl (C=S) groups is 1. The van der Waals surface area contributed by atoms with Crippen molar-refractivity contribution >= 4 is 39.6 Å². The lowest BCUT2D eigenvalue weighted by Crippen LogP contribution is -2.33. The van der Waals surface area contributed by atoms with Crippen LogP contribution >= 0.6 is 23.6 Å². The van der Waals surface area contributed by atoms with Gasteiger partial charge in [0.1, 0.15) is 11.1 Å². The van der Waals surface area contributed by atoms with Crippen molar-refractivity contribution in [3.8, 4) is 6.07 Å². The first-order valence-electron chi connectivity index (χ1n) is 8.50. The Balaban J connectivity index is 1.75. The number of rotatable bonds is 2. The normalized spacial score (nSPS) is 16.5. The molecule has 0 saturated heterocycles. The summed E-state index contributed by atoms with van der Waals surface area (Å²) in [4.78, 5) is 13.3. The zero-order valence-electron chi connectivity index (χ0n) is 15.0. The standard InChI is InChI=1S/C19H21N3O2S2/c1-19(2,3)11-6-7-12-13(10-20)17(26-15(12)9-11)22-18(25)21-16(23)14-5-4-8-24-14/h4-5,8,11H,6-7,9H2,1-3H3,(H2,21,22,23,25). The number of hydrogen-bond donors (Lipinski definition) is 2. The minimum absolute atomic E-state index is 0.161. The summed E-state index contributed by atoms with van der Waals surface area (Å²) < 4.78 is 5.05. The highest BCUT2D eigenvalue weighted by Gasteiger charge is 2.32. The van der Waals surface area contributed by atoms with Gasteiger partial charge in [-0.15, -0.1) is 11.3 Å². The Labute approximate surface area is 162 Å². The van der Waals surface area contributed by atoms with E-state index in [-0.39, 0.29) is 16.3 Å². The first-order valence-corrected chi connectivity index (χ1v) is 9.72. The largest absolute Gasteiger partial charge is 0.459 e. The van der Waals surface area contributed by atoms with E-state index in [4.69, 9.17) is 16.6 Å². The summed E-state index contributed by atoms with van der Waals surface area (Å²) >= 11 is 6.79. The van der Waals surface area contributed by atoms with Crippen LogP contribution in [0, 0.1) is 22.7 Å². The molecule has 136 valence electrons. The Morgan fingerprint density at radius 2 is 2.23 bits per heavy atom. The third kappa shape index (κ3) is 3.81. The van der Waals surface area contributed by atoms with Gasteiger partial charge in [-0.1, -0.05) is 20.8 Å². The van der Waals surface area contributed by atoms with Crippen LogP contribution in [0.2, 0.25) is 0 Å². The van der Waals surface area contributed by atoms with Gasteiger partial charge in [-0.25, -0.2) is 0 Å².